The number of carbonyl (C=O) groups excluding carboxylic acids is 1. The third-order valence-corrected chi connectivity index (χ3v) is 3.02. The number of aryl methyl sites for hydroxylation is 1. The predicted molar refractivity (Wildman–Crippen MR) is 82.1 cm³/mol. The van der Waals surface area contributed by atoms with Gasteiger partial charge in [-0.3, -0.25) is 4.79 Å². The van der Waals surface area contributed by atoms with Crippen LogP contribution < -0.4 is 10.6 Å². The van der Waals surface area contributed by atoms with Gasteiger partial charge in [-0.2, -0.15) is 0 Å². The van der Waals surface area contributed by atoms with Crippen molar-refractivity contribution >= 4 is 17.4 Å². The molecule has 1 aromatic heterocycles. The van der Waals surface area contributed by atoms with Gasteiger partial charge < -0.3 is 10.6 Å². The first-order valence-electron chi connectivity index (χ1n) is 6.88. The van der Waals surface area contributed by atoms with Gasteiger partial charge in [0.1, 0.15) is 11.6 Å². The van der Waals surface area contributed by atoms with Gasteiger partial charge in [0.2, 0.25) is 0 Å². The van der Waals surface area contributed by atoms with E-state index in [9.17, 15) is 9.18 Å². The third kappa shape index (κ3) is 3.78. The SMILES string of the molecule is CCCc1cc(C(=O)Nc2ccccc2F)cc(NC)n1. The Bertz CT molecular complexity index is 643. The first-order valence-corrected chi connectivity index (χ1v) is 6.88. The molecule has 0 saturated carbocycles. The van der Waals surface area contributed by atoms with E-state index in [0.717, 1.165) is 18.5 Å². The van der Waals surface area contributed by atoms with E-state index in [-0.39, 0.29) is 11.6 Å². The van der Waals surface area contributed by atoms with Crippen LogP contribution in [-0.4, -0.2) is 17.9 Å². The average Bonchev–Trinajstić information content (AvgIpc) is 2.49. The molecular formula is C16H18FN3O. The van der Waals surface area contributed by atoms with E-state index in [4.69, 9.17) is 0 Å². The number of nitrogens with zero attached hydrogens (tertiary/aromatic N) is 1. The molecule has 2 rings (SSSR count). The van der Waals surface area contributed by atoms with Crippen molar-refractivity contribution in [3.8, 4) is 0 Å². The zero-order valence-electron chi connectivity index (χ0n) is 12.1. The maximum Gasteiger partial charge on any atom is 0.255 e. The maximum atomic E-state index is 13.6. The molecule has 0 saturated heterocycles. The van der Waals surface area contributed by atoms with Gasteiger partial charge in [-0.05, 0) is 30.7 Å². The number of nitrogens with one attached hydrogen (secondary N) is 2. The summed E-state index contributed by atoms with van der Waals surface area (Å²) in [7, 11) is 1.75. The van der Waals surface area contributed by atoms with Gasteiger partial charge in [-0.15, -0.1) is 0 Å². The van der Waals surface area contributed by atoms with E-state index >= 15 is 0 Å². The largest absolute Gasteiger partial charge is 0.373 e. The second-order valence-corrected chi connectivity index (χ2v) is 4.67. The molecule has 4 nitrogen and oxygen atoms in total. The first kappa shape index (κ1) is 15.0. The molecule has 110 valence electrons. The minimum Gasteiger partial charge on any atom is -0.373 e. The standard InChI is InChI=1S/C16H18FN3O/c1-3-6-12-9-11(10-15(18-2)19-12)16(21)20-14-8-5-4-7-13(14)17/h4-5,7-10H,3,6H2,1-2H3,(H,18,19)(H,20,21). The van der Waals surface area contributed by atoms with Crippen LogP contribution in [0.15, 0.2) is 36.4 Å². The number of benzene rings is 1. The van der Waals surface area contributed by atoms with E-state index in [1.165, 1.54) is 12.1 Å². The summed E-state index contributed by atoms with van der Waals surface area (Å²) in [6.07, 6.45) is 1.73. The lowest BCUT2D eigenvalue weighted by Gasteiger charge is -2.09. The zero-order valence-corrected chi connectivity index (χ0v) is 12.1. The highest BCUT2D eigenvalue weighted by Crippen LogP contribution is 2.16. The summed E-state index contributed by atoms with van der Waals surface area (Å²) in [4.78, 5) is 16.6. The molecule has 1 heterocycles. The van der Waals surface area contributed by atoms with Crippen molar-refractivity contribution in [1.82, 2.24) is 4.98 Å². The highest BCUT2D eigenvalue weighted by Gasteiger charge is 2.11. The summed E-state index contributed by atoms with van der Waals surface area (Å²) in [6, 6.07) is 9.47. The lowest BCUT2D eigenvalue weighted by molar-refractivity contribution is 0.102. The van der Waals surface area contributed by atoms with Crippen molar-refractivity contribution in [2.24, 2.45) is 0 Å². The molecular weight excluding hydrogens is 269 g/mol. The van der Waals surface area contributed by atoms with Gasteiger partial charge >= 0.3 is 0 Å². The number of carbonyl (C=O) groups is 1. The summed E-state index contributed by atoms with van der Waals surface area (Å²) in [6.45, 7) is 2.05. The molecule has 1 amide bonds. The van der Waals surface area contributed by atoms with Crippen LogP contribution in [0.3, 0.4) is 0 Å². The van der Waals surface area contributed by atoms with Crippen LogP contribution in [0.2, 0.25) is 0 Å². The number of halogens is 1. The van der Waals surface area contributed by atoms with E-state index in [2.05, 4.69) is 15.6 Å². The van der Waals surface area contributed by atoms with Crippen molar-refractivity contribution in [3.63, 3.8) is 0 Å². The molecule has 0 radical (unpaired) electrons. The Balaban J connectivity index is 2.26. The van der Waals surface area contributed by atoms with Gasteiger partial charge in [-0.1, -0.05) is 25.5 Å². The summed E-state index contributed by atoms with van der Waals surface area (Å²) in [5.41, 5.74) is 1.46. The van der Waals surface area contributed by atoms with Crippen molar-refractivity contribution in [1.29, 1.82) is 0 Å². The van der Waals surface area contributed by atoms with Gasteiger partial charge in [0, 0.05) is 18.3 Å². The summed E-state index contributed by atoms with van der Waals surface area (Å²) >= 11 is 0. The van der Waals surface area contributed by atoms with Gasteiger partial charge in [0.15, 0.2) is 0 Å². The first-order chi connectivity index (χ1) is 10.1. The normalized spacial score (nSPS) is 10.2. The van der Waals surface area contributed by atoms with E-state index in [0.29, 0.717) is 11.4 Å². The quantitative estimate of drug-likeness (QED) is 0.885. The number of rotatable bonds is 5. The second kappa shape index (κ2) is 6.83. The minimum atomic E-state index is -0.456. The Morgan fingerprint density at radius 2 is 2.05 bits per heavy atom. The molecule has 0 atom stereocenters. The average molecular weight is 287 g/mol. The van der Waals surface area contributed by atoms with E-state index in [1.807, 2.05) is 6.92 Å². The molecule has 0 bridgehead atoms. The monoisotopic (exact) mass is 287 g/mol. The fourth-order valence-electron chi connectivity index (χ4n) is 1.99. The molecule has 0 unspecified atom stereocenters. The molecule has 1 aromatic carbocycles. The van der Waals surface area contributed by atoms with Gasteiger partial charge in [-0.25, -0.2) is 9.37 Å². The third-order valence-electron chi connectivity index (χ3n) is 3.02. The maximum absolute atomic E-state index is 13.6. The number of pyridine rings is 1. The lowest BCUT2D eigenvalue weighted by atomic mass is 10.1. The van der Waals surface area contributed by atoms with Crippen LogP contribution >= 0.6 is 0 Å². The molecule has 0 fully saturated rings. The van der Waals surface area contributed by atoms with Crippen LogP contribution in [0.5, 0.6) is 0 Å². The fraction of sp³-hybridized carbons (Fsp3) is 0.250. The molecule has 2 N–H and O–H groups in total. The molecule has 5 heteroatoms. The Hall–Kier alpha value is -2.43. The molecule has 0 aliphatic rings. The van der Waals surface area contributed by atoms with Crippen LogP contribution in [0, 0.1) is 5.82 Å². The number of hydrogen-bond donors (Lipinski definition) is 2. The van der Waals surface area contributed by atoms with Gasteiger partial charge in [0.25, 0.3) is 5.91 Å². The molecule has 0 aliphatic carbocycles. The highest BCUT2D eigenvalue weighted by atomic mass is 19.1. The van der Waals surface area contributed by atoms with Gasteiger partial charge in [0.05, 0.1) is 5.69 Å². The second-order valence-electron chi connectivity index (χ2n) is 4.67. The Morgan fingerprint density at radius 1 is 1.29 bits per heavy atom. The van der Waals surface area contributed by atoms with E-state index in [1.54, 1.807) is 31.3 Å². The van der Waals surface area contributed by atoms with Crippen LogP contribution in [0.1, 0.15) is 29.4 Å². The molecule has 0 aliphatic heterocycles. The van der Waals surface area contributed by atoms with Crippen molar-refractivity contribution in [3.05, 3.63) is 53.5 Å². The van der Waals surface area contributed by atoms with Crippen LogP contribution in [0.4, 0.5) is 15.9 Å². The van der Waals surface area contributed by atoms with Crippen molar-refractivity contribution in [2.45, 2.75) is 19.8 Å². The number of amides is 1. The number of aromatic nitrogens is 1. The smallest absolute Gasteiger partial charge is 0.255 e. The topological polar surface area (TPSA) is 54.0 Å². The number of para-hydroxylation sites is 1. The zero-order chi connectivity index (χ0) is 15.2. The number of anilines is 2. The van der Waals surface area contributed by atoms with Crippen LogP contribution in [-0.2, 0) is 6.42 Å². The molecule has 2 aromatic rings. The summed E-state index contributed by atoms with van der Waals surface area (Å²) in [5, 5.41) is 5.51. The lowest BCUT2D eigenvalue weighted by Crippen LogP contribution is -2.14. The summed E-state index contributed by atoms with van der Waals surface area (Å²) in [5.74, 6) is -0.182. The summed E-state index contributed by atoms with van der Waals surface area (Å²) < 4.78 is 13.6. The predicted octanol–water partition coefficient (Wildman–Crippen LogP) is 3.47. The van der Waals surface area contributed by atoms with Crippen LogP contribution in [0.25, 0.3) is 0 Å². The fourth-order valence-corrected chi connectivity index (χ4v) is 1.99. The molecule has 21 heavy (non-hydrogen) atoms. The highest BCUT2D eigenvalue weighted by molar-refractivity contribution is 6.04. The Kier molecular flexibility index (Phi) is 4.87. The Labute approximate surface area is 123 Å². The molecule has 0 spiro atoms. The minimum absolute atomic E-state index is 0.169. The van der Waals surface area contributed by atoms with E-state index < -0.39 is 5.82 Å². The Morgan fingerprint density at radius 3 is 2.71 bits per heavy atom. The van der Waals surface area contributed by atoms with Crippen molar-refractivity contribution in [2.75, 3.05) is 17.7 Å². The van der Waals surface area contributed by atoms with Crippen molar-refractivity contribution < 1.29 is 9.18 Å². The number of hydrogen-bond acceptors (Lipinski definition) is 3.